The lowest BCUT2D eigenvalue weighted by Gasteiger charge is -2.18. The van der Waals surface area contributed by atoms with Crippen molar-refractivity contribution in [2.75, 3.05) is 13.2 Å². The van der Waals surface area contributed by atoms with Crippen molar-refractivity contribution in [2.24, 2.45) is 0 Å². The van der Waals surface area contributed by atoms with Gasteiger partial charge in [-0.2, -0.15) is 0 Å². The number of allylic oxidation sites excluding steroid dienone is 14. The van der Waals surface area contributed by atoms with Gasteiger partial charge in [-0.3, -0.25) is 14.4 Å². The third-order valence-corrected chi connectivity index (χ3v) is 10.4. The summed E-state index contributed by atoms with van der Waals surface area (Å²) in [6.45, 7) is 6.43. The lowest BCUT2D eigenvalue weighted by atomic mass is 10.0. The highest BCUT2D eigenvalue weighted by Gasteiger charge is 2.19. The van der Waals surface area contributed by atoms with Crippen LogP contribution < -0.4 is 0 Å². The van der Waals surface area contributed by atoms with E-state index in [1.807, 2.05) is 72.9 Å². The third kappa shape index (κ3) is 45.7. The van der Waals surface area contributed by atoms with Gasteiger partial charge in [-0.25, -0.2) is 0 Å². The van der Waals surface area contributed by atoms with Gasteiger partial charge in [0.05, 0.1) is 0 Å². The van der Waals surface area contributed by atoms with Crippen molar-refractivity contribution in [3.63, 3.8) is 0 Å². The first-order valence-electron chi connectivity index (χ1n) is 24.7. The molecule has 0 radical (unpaired) electrons. The number of rotatable bonds is 43. The van der Waals surface area contributed by atoms with Gasteiger partial charge in [-0.05, 0) is 38.5 Å². The summed E-state index contributed by atoms with van der Waals surface area (Å²) in [5.74, 6) is -0.939. The Kier molecular flexibility index (Phi) is 45.5. The van der Waals surface area contributed by atoms with E-state index < -0.39 is 6.10 Å². The van der Waals surface area contributed by atoms with Crippen LogP contribution in [0.15, 0.2) is 85.1 Å². The quantitative estimate of drug-likeness (QED) is 0.0263. The number of esters is 3. The van der Waals surface area contributed by atoms with Crippen LogP contribution >= 0.6 is 0 Å². The lowest BCUT2D eigenvalue weighted by molar-refractivity contribution is -0.167. The molecule has 60 heavy (non-hydrogen) atoms. The van der Waals surface area contributed by atoms with Crippen LogP contribution in [0, 0.1) is 0 Å². The molecule has 0 aliphatic carbocycles. The molecule has 0 aliphatic rings. The molecule has 0 fully saturated rings. The molecule has 0 bridgehead atoms. The van der Waals surface area contributed by atoms with E-state index in [0.29, 0.717) is 19.3 Å². The first-order chi connectivity index (χ1) is 29.5. The number of carbonyl (C=O) groups is 3. The Bertz CT molecular complexity index is 1190. The lowest BCUT2D eigenvalue weighted by Crippen LogP contribution is -2.30. The second kappa shape index (κ2) is 48.3. The van der Waals surface area contributed by atoms with E-state index in [-0.39, 0.29) is 31.1 Å². The summed E-state index contributed by atoms with van der Waals surface area (Å²) in [4.78, 5) is 37.8. The molecule has 0 aliphatic heterocycles. The Morgan fingerprint density at radius 2 is 0.650 bits per heavy atom. The van der Waals surface area contributed by atoms with Gasteiger partial charge < -0.3 is 14.2 Å². The van der Waals surface area contributed by atoms with Crippen molar-refractivity contribution >= 4 is 17.9 Å². The summed E-state index contributed by atoms with van der Waals surface area (Å²) < 4.78 is 16.7. The summed E-state index contributed by atoms with van der Waals surface area (Å²) in [6, 6.07) is 0. The molecule has 0 heterocycles. The fraction of sp³-hybridized carbons (Fsp3) is 0.685. The van der Waals surface area contributed by atoms with E-state index in [1.54, 1.807) is 0 Å². The highest BCUT2D eigenvalue weighted by molar-refractivity contribution is 5.71. The SMILES string of the molecule is CC\C=C/C=C\C=C/C=C\C=C\C=C/C=C\CCCCCC(=O)OCC(COC(=O)CCCCCCCCCCC)OC(=O)CCCCCCCCCCCCCCCC. The van der Waals surface area contributed by atoms with Crippen molar-refractivity contribution < 1.29 is 28.6 Å². The normalized spacial score (nSPS) is 12.8. The van der Waals surface area contributed by atoms with E-state index in [4.69, 9.17) is 14.2 Å². The zero-order chi connectivity index (χ0) is 43.7. The van der Waals surface area contributed by atoms with Gasteiger partial charge in [0.15, 0.2) is 6.10 Å². The minimum absolute atomic E-state index is 0.0894. The summed E-state index contributed by atoms with van der Waals surface area (Å²) in [7, 11) is 0. The molecule has 0 amide bonds. The average Bonchev–Trinajstić information content (AvgIpc) is 3.24. The molecular formula is C54H90O6. The standard InChI is InChI=1S/C54H90O6/c1-4-7-10-13-16-19-21-23-25-26-27-28-29-31-32-35-38-41-44-47-53(56)59-50-51(49-58-52(55)46-43-40-37-34-18-15-12-9-6-3)60-54(57)48-45-42-39-36-33-30-24-22-20-17-14-11-8-5-2/h7,10,13,16,19,21,23,25-29,31-32,51H,4-6,8-9,11-12,14-15,17-18,20,22,24,30,33-50H2,1-3H3/b10-7-,16-13-,21-19-,25-23-,27-26+,29-28-,32-31-. The van der Waals surface area contributed by atoms with E-state index in [9.17, 15) is 14.4 Å². The monoisotopic (exact) mass is 835 g/mol. The van der Waals surface area contributed by atoms with Crippen LogP contribution in [0.3, 0.4) is 0 Å². The van der Waals surface area contributed by atoms with Crippen molar-refractivity contribution in [2.45, 2.75) is 226 Å². The van der Waals surface area contributed by atoms with Gasteiger partial charge in [0, 0.05) is 19.3 Å². The Labute approximate surface area is 369 Å². The average molecular weight is 835 g/mol. The number of carbonyl (C=O) groups excluding carboxylic acids is 3. The summed E-state index contributed by atoms with van der Waals surface area (Å²) in [5.41, 5.74) is 0. The molecule has 0 spiro atoms. The maximum Gasteiger partial charge on any atom is 0.306 e. The minimum Gasteiger partial charge on any atom is -0.462 e. The van der Waals surface area contributed by atoms with E-state index in [2.05, 4.69) is 32.9 Å². The fourth-order valence-corrected chi connectivity index (χ4v) is 6.66. The predicted octanol–water partition coefficient (Wildman–Crippen LogP) is 16.0. The molecule has 0 saturated carbocycles. The number of unbranched alkanes of at least 4 members (excludes halogenated alkanes) is 24. The van der Waals surface area contributed by atoms with Crippen molar-refractivity contribution in [1.29, 1.82) is 0 Å². The zero-order valence-electron chi connectivity index (χ0n) is 38.9. The zero-order valence-corrected chi connectivity index (χ0v) is 38.9. The second-order valence-electron chi connectivity index (χ2n) is 16.2. The summed E-state index contributed by atoms with van der Waals surface area (Å²) >= 11 is 0. The molecule has 0 aromatic carbocycles. The Balaban J connectivity index is 4.44. The molecule has 6 nitrogen and oxygen atoms in total. The van der Waals surface area contributed by atoms with Gasteiger partial charge in [-0.15, -0.1) is 0 Å². The van der Waals surface area contributed by atoms with Crippen LogP contribution in [0.25, 0.3) is 0 Å². The topological polar surface area (TPSA) is 78.9 Å². The Morgan fingerprint density at radius 1 is 0.350 bits per heavy atom. The number of ether oxygens (including phenoxy) is 3. The highest BCUT2D eigenvalue weighted by Crippen LogP contribution is 2.15. The summed E-state index contributed by atoms with van der Waals surface area (Å²) in [6.07, 6.45) is 61.3. The van der Waals surface area contributed by atoms with Crippen LogP contribution in [-0.4, -0.2) is 37.2 Å². The van der Waals surface area contributed by atoms with Gasteiger partial charge >= 0.3 is 17.9 Å². The Morgan fingerprint density at radius 3 is 1.02 bits per heavy atom. The predicted molar refractivity (Wildman–Crippen MR) is 256 cm³/mol. The number of hydrogen-bond donors (Lipinski definition) is 0. The molecule has 0 saturated heterocycles. The second-order valence-corrected chi connectivity index (χ2v) is 16.2. The number of hydrogen-bond acceptors (Lipinski definition) is 6. The maximum absolute atomic E-state index is 12.8. The van der Waals surface area contributed by atoms with Crippen molar-refractivity contribution in [3.8, 4) is 0 Å². The molecule has 0 N–H and O–H groups in total. The summed E-state index contributed by atoms with van der Waals surface area (Å²) in [5, 5.41) is 0. The largest absolute Gasteiger partial charge is 0.462 e. The molecule has 342 valence electrons. The fourth-order valence-electron chi connectivity index (χ4n) is 6.66. The van der Waals surface area contributed by atoms with Crippen LogP contribution in [-0.2, 0) is 28.6 Å². The first-order valence-corrected chi connectivity index (χ1v) is 24.7. The smallest absolute Gasteiger partial charge is 0.306 e. The van der Waals surface area contributed by atoms with Crippen LogP contribution in [0.2, 0.25) is 0 Å². The van der Waals surface area contributed by atoms with E-state index >= 15 is 0 Å². The molecule has 0 rings (SSSR count). The van der Waals surface area contributed by atoms with Crippen LogP contribution in [0.5, 0.6) is 0 Å². The maximum atomic E-state index is 12.8. The minimum atomic E-state index is -0.790. The Hall–Kier alpha value is -3.41. The van der Waals surface area contributed by atoms with Gasteiger partial charge in [0.2, 0.25) is 0 Å². The molecule has 0 aromatic rings. The third-order valence-electron chi connectivity index (χ3n) is 10.4. The molecule has 1 atom stereocenters. The van der Waals surface area contributed by atoms with Crippen LogP contribution in [0.4, 0.5) is 0 Å². The molecule has 0 aromatic heterocycles. The highest BCUT2D eigenvalue weighted by atomic mass is 16.6. The van der Waals surface area contributed by atoms with E-state index in [1.165, 1.54) is 109 Å². The van der Waals surface area contributed by atoms with Crippen molar-refractivity contribution in [1.82, 2.24) is 0 Å². The van der Waals surface area contributed by atoms with Gasteiger partial charge in [0.25, 0.3) is 0 Å². The van der Waals surface area contributed by atoms with Gasteiger partial charge in [0.1, 0.15) is 13.2 Å². The molecular weight excluding hydrogens is 745 g/mol. The molecule has 1 unspecified atom stereocenters. The van der Waals surface area contributed by atoms with Crippen LogP contribution in [0.1, 0.15) is 220 Å². The van der Waals surface area contributed by atoms with Crippen molar-refractivity contribution in [3.05, 3.63) is 85.1 Å². The molecule has 6 heteroatoms. The first kappa shape index (κ1) is 56.6. The van der Waals surface area contributed by atoms with E-state index in [0.717, 1.165) is 70.6 Å². The van der Waals surface area contributed by atoms with Gasteiger partial charge in [-0.1, -0.05) is 247 Å².